The second-order valence-electron chi connectivity index (χ2n) is 8.68. The van der Waals surface area contributed by atoms with Crippen molar-refractivity contribution in [2.45, 2.75) is 50.1 Å². The Morgan fingerprint density at radius 3 is 2.76 bits per heavy atom. The minimum atomic E-state index is -0.933. The minimum absolute atomic E-state index is 0.112. The number of benzene rings is 1. The van der Waals surface area contributed by atoms with Crippen LogP contribution in [0, 0.1) is 5.92 Å². The van der Waals surface area contributed by atoms with E-state index in [9.17, 15) is 19.2 Å². The van der Waals surface area contributed by atoms with Crippen molar-refractivity contribution >= 4 is 29.3 Å². The van der Waals surface area contributed by atoms with Gasteiger partial charge < -0.3 is 10.6 Å². The molecule has 3 fully saturated rings. The van der Waals surface area contributed by atoms with Crippen molar-refractivity contribution in [2.24, 2.45) is 5.92 Å². The van der Waals surface area contributed by atoms with Crippen LogP contribution in [0.15, 0.2) is 18.2 Å². The maximum Gasteiger partial charge on any atom is 0.262 e. The summed E-state index contributed by atoms with van der Waals surface area (Å²) in [7, 11) is 0. The molecule has 3 atom stereocenters. The number of piperidine rings is 1. The first-order valence-electron chi connectivity index (χ1n) is 10.3. The molecule has 3 heterocycles. The first-order valence-corrected chi connectivity index (χ1v) is 10.3. The molecular formula is C21H24N4O4. The number of hydrogen-bond donors (Lipinski definition) is 3. The molecule has 8 nitrogen and oxygen atoms in total. The van der Waals surface area contributed by atoms with Gasteiger partial charge in [-0.2, -0.15) is 0 Å². The normalized spacial score (nSPS) is 31.1. The van der Waals surface area contributed by atoms with Crippen LogP contribution in [0.4, 0.5) is 5.69 Å². The van der Waals surface area contributed by atoms with E-state index in [0.29, 0.717) is 11.1 Å². The fraction of sp³-hybridized carbons (Fsp3) is 0.524. The van der Waals surface area contributed by atoms with E-state index >= 15 is 0 Å². The van der Waals surface area contributed by atoms with Crippen LogP contribution >= 0.6 is 0 Å². The highest BCUT2D eigenvalue weighted by Crippen LogP contribution is 2.38. The quantitative estimate of drug-likeness (QED) is 0.656. The monoisotopic (exact) mass is 396 g/mol. The number of anilines is 1. The van der Waals surface area contributed by atoms with Gasteiger partial charge in [0.05, 0.1) is 11.1 Å². The summed E-state index contributed by atoms with van der Waals surface area (Å²) in [5.41, 5.74) is 1.52. The van der Waals surface area contributed by atoms with Crippen LogP contribution < -0.4 is 16.0 Å². The molecule has 2 saturated heterocycles. The van der Waals surface area contributed by atoms with Gasteiger partial charge in [-0.1, -0.05) is 6.42 Å². The van der Waals surface area contributed by atoms with Gasteiger partial charge in [-0.05, 0) is 56.3 Å². The Morgan fingerprint density at radius 2 is 1.93 bits per heavy atom. The standard InChI is InChI=1S/C21H24N4O4/c26-17-6-5-16(18(27)24-17)25-19(28)14-4-3-13(8-15(14)20(25)29)22-11-21-7-1-2-12(9-21)10-23-21/h3-4,8,12,16,22-23H,1-2,5-7,9-11H2,(H,24,26,27)/t12?,16?,21-/m1/s1. The van der Waals surface area contributed by atoms with Gasteiger partial charge in [-0.3, -0.25) is 29.4 Å². The SMILES string of the molecule is O=C1CCC(N2C(=O)c3ccc(NC[C@]45CCCC(CN4)C5)cc3C2=O)C(=O)N1. The zero-order valence-corrected chi connectivity index (χ0v) is 16.1. The molecule has 0 radical (unpaired) electrons. The maximum absolute atomic E-state index is 12.9. The number of nitrogens with zero attached hydrogens (tertiary/aromatic N) is 1. The van der Waals surface area contributed by atoms with Crippen molar-refractivity contribution < 1.29 is 19.2 Å². The van der Waals surface area contributed by atoms with Gasteiger partial charge in [0.1, 0.15) is 6.04 Å². The van der Waals surface area contributed by atoms with E-state index in [1.165, 1.54) is 19.3 Å². The summed E-state index contributed by atoms with van der Waals surface area (Å²) in [5, 5.41) is 9.32. The molecule has 4 amide bonds. The second kappa shape index (κ2) is 6.66. The third kappa shape index (κ3) is 3.02. The van der Waals surface area contributed by atoms with Crippen LogP contribution in [-0.2, 0) is 9.59 Å². The second-order valence-corrected chi connectivity index (χ2v) is 8.68. The zero-order chi connectivity index (χ0) is 20.2. The number of fused-ring (bicyclic) bond motifs is 3. The predicted molar refractivity (Wildman–Crippen MR) is 104 cm³/mol. The number of rotatable bonds is 4. The van der Waals surface area contributed by atoms with E-state index < -0.39 is 23.8 Å². The lowest BCUT2D eigenvalue weighted by atomic mass is 9.80. The Kier molecular flexibility index (Phi) is 4.20. The molecule has 1 aliphatic carbocycles. The Bertz CT molecular complexity index is 925. The van der Waals surface area contributed by atoms with Crippen LogP contribution in [0.2, 0.25) is 0 Å². The summed E-state index contributed by atoms with van der Waals surface area (Å²) >= 11 is 0. The highest BCUT2D eigenvalue weighted by molar-refractivity contribution is 6.23. The summed E-state index contributed by atoms with van der Waals surface area (Å²) in [4.78, 5) is 50.2. The average Bonchev–Trinajstić information content (AvgIpc) is 3.14. The fourth-order valence-corrected chi connectivity index (χ4v) is 5.26. The largest absolute Gasteiger partial charge is 0.383 e. The number of amides is 4. The van der Waals surface area contributed by atoms with Gasteiger partial charge in [0.2, 0.25) is 11.8 Å². The molecule has 3 aliphatic heterocycles. The molecular weight excluding hydrogens is 372 g/mol. The van der Waals surface area contributed by atoms with Crippen LogP contribution in [0.25, 0.3) is 0 Å². The van der Waals surface area contributed by atoms with E-state index in [1.54, 1.807) is 12.1 Å². The van der Waals surface area contributed by atoms with E-state index in [1.807, 2.05) is 6.07 Å². The van der Waals surface area contributed by atoms with E-state index in [-0.39, 0.29) is 24.3 Å². The molecule has 2 bridgehead atoms. The van der Waals surface area contributed by atoms with Gasteiger partial charge in [0.25, 0.3) is 11.8 Å². The Hall–Kier alpha value is -2.74. The van der Waals surface area contributed by atoms with Crippen molar-refractivity contribution in [3.05, 3.63) is 29.3 Å². The van der Waals surface area contributed by atoms with E-state index in [0.717, 1.165) is 36.0 Å². The van der Waals surface area contributed by atoms with E-state index in [4.69, 9.17) is 0 Å². The topological polar surface area (TPSA) is 108 Å². The molecule has 1 saturated carbocycles. The van der Waals surface area contributed by atoms with Crippen LogP contribution in [0.5, 0.6) is 0 Å². The zero-order valence-electron chi connectivity index (χ0n) is 16.1. The summed E-state index contributed by atoms with van der Waals surface area (Å²) in [6, 6.07) is 4.22. The third-order valence-electron chi connectivity index (χ3n) is 6.78. The number of carbonyl (C=O) groups excluding carboxylic acids is 4. The lowest BCUT2D eigenvalue weighted by Crippen LogP contribution is -2.54. The van der Waals surface area contributed by atoms with Crippen LogP contribution in [0.3, 0.4) is 0 Å². The molecule has 5 rings (SSSR count). The third-order valence-corrected chi connectivity index (χ3v) is 6.78. The molecule has 152 valence electrons. The van der Waals surface area contributed by atoms with Gasteiger partial charge in [-0.15, -0.1) is 0 Å². The molecule has 4 aliphatic rings. The molecule has 3 N–H and O–H groups in total. The Morgan fingerprint density at radius 1 is 1.10 bits per heavy atom. The van der Waals surface area contributed by atoms with Crippen LogP contribution in [0.1, 0.15) is 59.2 Å². The highest BCUT2D eigenvalue weighted by atomic mass is 16.2. The van der Waals surface area contributed by atoms with Crippen molar-refractivity contribution in [3.63, 3.8) is 0 Å². The molecule has 1 aromatic carbocycles. The first-order chi connectivity index (χ1) is 14.0. The van der Waals surface area contributed by atoms with E-state index in [2.05, 4.69) is 16.0 Å². The van der Waals surface area contributed by atoms with Gasteiger partial charge in [0, 0.05) is 24.2 Å². The smallest absolute Gasteiger partial charge is 0.262 e. The molecule has 0 aromatic heterocycles. The first kappa shape index (κ1) is 18.3. The molecule has 29 heavy (non-hydrogen) atoms. The average molecular weight is 396 g/mol. The summed E-state index contributed by atoms with van der Waals surface area (Å²) in [6.07, 6.45) is 5.12. The lowest BCUT2D eigenvalue weighted by Gasteiger charge is -2.33. The van der Waals surface area contributed by atoms with Crippen molar-refractivity contribution in [3.8, 4) is 0 Å². The highest BCUT2D eigenvalue weighted by Gasteiger charge is 2.45. The number of carbonyl (C=O) groups is 4. The molecule has 2 unspecified atom stereocenters. The molecule has 0 spiro atoms. The summed E-state index contributed by atoms with van der Waals surface area (Å²) in [5.74, 6) is -1.16. The number of imide groups is 2. The van der Waals surface area contributed by atoms with Crippen molar-refractivity contribution in [1.29, 1.82) is 0 Å². The van der Waals surface area contributed by atoms with Gasteiger partial charge in [-0.25, -0.2) is 0 Å². The maximum atomic E-state index is 12.9. The number of hydrogen-bond acceptors (Lipinski definition) is 6. The van der Waals surface area contributed by atoms with Crippen molar-refractivity contribution in [2.75, 3.05) is 18.4 Å². The van der Waals surface area contributed by atoms with Gasteiger partial charge >= 0.3 is 0 Å². The van der Waals surface area contributed by atoms with Gasteiger partial charge in [0.15, 0.2) is 0 Å². The summed E-state index contributed by atoms with van der Waals surface area (Å²) in [6.45, 7) is 1.85. The predicted octanol–water partition coefficient (Wildman–Crippen LogP) is 1.03. The lowest BCUT2D eigenvalue weighted by molar-refractivity contribution is -0.136. The summed E-state index contributed by atoms with van der Waals surface area (Å²) < 4.78 is 0. The Balaban J connectivity index is 1.33. The number of nitrogens with one attached hydrogen (secondary N) is 3. The molecule has 1 aromatic rings. The fourth-order valence-electron chi connectivity index (χ4n) is 5.26. The molecule has 8 heteroatoms. The van der Waals surface area contributed by atoms with Crippen molar-refractivity contribution in [1.82, 2.24) is 15.5 Å². The minimum Gasteiger partial charge on any atom is -0.383 e. The van der Waals surface area contributed by atoms with Crippen LogP contribution in [-0.4, -0.2) is 53.2 Å². The Labute approximate surface area is 168 Å².